The van der Waals surface area contributed by atoms with Gasteiger partial charge in [0.15, 0.2) is 0 Å². The van der Waals surface area contributed by atoms with Crippen LogP contribution in [0.15, 0.2) is 24.3 Å². The van der Waals surface area contributed by atoms with Crippen LogP contribution in [0.1, 0.15) is 25.3 Å². The van der Waals surface area contributed by atoms with Crippen molar-refractivity contribution in [3.8, 4) is 5.75 Å². The van der Waals surface area contributed by atoms with Crippen LogP contribution < -0.4 is 4.52 Å². The SMILES string of the molecule is CCCCP(C)(=O)Oc1cccc(C)c1. The van der Waals surface area contributed by atoms with Crippen molar-refractivity contribution < 1.29 is 9.09 Å². The van der Waals surface area contributed by atoms with E-state index in [1.54, 1.807) is 6.66 Å². The molecule has 1 unspecified atom stereocenters. The maximum Gasteiger partial charge on any atom is 0.244 e. The Labute approximate surface area is 92.1 Å². The molecule has 0 aromatic heterocycles. The summed E-state index contributed by atoms with van der Waals surface area (Å²) in [6, 6.07) is 7.70. The van der Waals surface area contributed by atoms with Crippen LogP contribution in [0, 0.1) is 6.92 Å². The first kappa shape index (κ1) is 12.3. The lowest BCUT2D eigenvalue weighted by Crippen LogP contribution is -1.96. The number of hydrogen-bond acceptors (Lipinski definition) is 2. The summed E-state index contributed by atoms with van der Waals surface area (Å²) < 4.78 is 17.6. The molecule has 0 saturated carbocycles. The Bertz CT molecular complexity index is 360. The molecular formula is C12H19O2P. The molecule has 84 valence electrons. The maximum absolute atomic E-state index is 12.0. The number of rotatable bonds is 5. The first-order valence-corrected chi connectivity index (χ1v) is 7.62. The molecular weight excluding hydrogens is 207 g/mol. The Morgan fingerprint density at radius 1 is 1.40 bits per heavy atom. The minimum absolute atomic E-state index is 0.664. The highest BCUT2D eigenvalue weighted by atomic mass is 31.2. The van der Waals surface area contributed by atoms with Gasteiger partial charge in [-0.05, 0) is 31.0 Å². The van der Waals surface area contributed by atoms with Crippen molar-refractivity contribution in [2.24, 2.45) is 0 Å². The highest BCUT2D eigenvalue weighted by Gasteiger charge is 2.16. The molecule has 0 amide bonds. The Morgan fingerprint density at radius 3 is 2.73 bits per heavy atom. The highest BCUT2D eigenvalue weighted by molar-refractivity contribution is 7.58. The summed E-state index contributed by atoms with van der Waals surface area (Å²) in [6.45, 7) is 5.80. The van der Waals surface area contributed by atoms with Gasteiger partial charge in [-0.25, -0.2) is 0 Å². The number of unbranched alkanes of at least 4 members (excludes halogenated alkanes) is 1. The molecule has 0 fully saturated rings. The van der Waals surface area contributed by atoms with Crippen molar-refractivity contribution >= 4 is 7.37 Å². The van der Waals surface area contributed by atoms with Crippen LogP contribution in [-0.4, -0.2) is 12.8 Å². The Balaban J connectivity index is 2.64. The maximum atomic E-state index is 12.0. The predicted molar refractivity (Wildman–Crippen MR) is 65.1 cm³/mol. The minimum atomic E-state index is -2.45. The number of hydrogen-bond donors (Lipinski definition) is 0. The zero-order valence-electron chi connectivity index (χ0n) is 9.69. The van der Waals surface area contributed by atoms with Crippen molar-refractivity contribution in [2.75, 3.05) is 12.8 Å². The van der Waals surface area contributed by atoms with Gasteiger partial charge in [0, 0.05) is 12.8 Å². The lowest BCUT2D eigenvalue weighted by molar-refractivity contribution is 0.485. The van der Waals surface area contributed by atoms with Crippen molar-refractivity contribution in [3.63, 3.8) is 0 Å². The fourth-order valence-electron chi connectivity index (χ4n) is 1.39. The molecule has 0 aliphatic heterocycles. The predicted octanol–water partition coefficient (Wildman–Crippen LogP) is 4.08. The third-order valence-corrected chi connectivity index (χ3v) is 3.93. The van der Waals surface area contributed by atoms with Gasteiger partial charge in [-0.1, -0.05) is 25.5 Å². The van der Waals surface area contributed by atoms with Crippen LogP contribution >= 0.6 is 7.37 Å². The molecule has 0 radical (unpaired) electrons. The summed E-state index contributed by atoms with van der Waals surface area (Å²) >= 11 is 0. The van der Waals surface area contributed by atoms with Crippen LogP contribution in [0.2, 0.25) is 0 Å². The average molecular weight is 226 g/mol. The first-order chi connectivity index (χ1) is 7.03. The Kier molecular flexibility index (Phi) is 4.41. The topological polar surface area (TPSA) is 26.3 Å². The third-order valence-electron chi connectivity index (χ3n) is 2.21. The zero-order chi connectivity index (χ0) is 11.3. The van der Waals surface area contributed by atoms with E-state index in [9.17, 15) is 4.57 Å². The van der Waals surface area contributed by atoms with E-state index >= 15 is 0 Å². The van der Waals surface area contributed by atoms with E-state index in [1.165, 1.54) is 0 Å². The van der Waals surface area contributed by atoms with E-state index in [0.717, 1.165) is 24.2 Å². The van der Waals surface area contributed by atoms with Gasteiger partial charge in [0.1, 0.15) is 5.75 Å². The second-order valence-corrected chi connectivity index (χ2v) is 6.66. The van der Waals surface area contributed by atoms with Crippen molar-refractivity contribution in [1.29, 1.82) is 0 Å². The summed E-state index contributed by atoms with van der Waals surface area (Å²) in [5, 5.41) is 0. The summed E-state index contributed by atoms with van der Waals surface area (Å²) in [7, 11) is -2.45. The molecule has 0 bridgehead atoms. The molecule has 0 aliphatic carbocycles. The van der Waals surface area contributed by atoms with Crippen molar-refractivity contribution in [1.82, 2.24) is 0 Å². The highest BCUT2D eigenvalue weighted by Crippen LogP contribution is 2.43. The van der Waals surface area contributed by atoms with Crippen LogP contribution in [-0.2, 0) is 4.57 Å². The zero-order valence-corrected chi connectivity index (χ0v) is 10.6. The minimum Gasteiger partial charge on any atom is -0.443 e. The van der Waals surface area contributed by atoms with Crippen LogP contribution in [0.5, 0.6) is 5.75 Å². The fourth-order valence-corrected chi connectivity index (χ4v) is 2.93. The van der Waals surface area contributed by atoms with E-state index in [2.05, 4.69) is 6.92 Å². The number of aryl methyl sites for hydroxylation is 1. The van der Waals surface area contributed by atoms with E-state index in [1.807, 2.05) is 31.2 Å². The molecule has 1 aromatic carbocycles. The molecule has 0 N–H and O–H groups in total. The average Bonchev–Trinajstić information content (AvgIpc) is 2.14. The van der Waals surface area contributed by atoms with E-state index < -0.39 is 7.37 Å². The van der Waals surface area contributed by atoms with Gasteiger partial charge in [-0.2, -0.15) is 0 Å². The Hall–Kier alpha value is -0.750. The lowest BCUT2D eigenvalue weighted by Gasteiger charge is -2.15. The van der Waals surface area contributed by atoms with Crippen LogP contribution in [0.4, 0.5) is 0 Å². The van der Waals surface area contributed by atoms with Crippen molar-refractivity contribution in [3.05, 3.63) is 29.8 Å². The van der Waals surface area contributed by atoms with Gasteiger partial charge in [0.25, 0.3) is 0 Å². The summed E-state index contributed by atoms with van der Waals surface area (Å²) in [6.07, 6.45) is 2.67. The van der Waals surface area contributed by atoms with Gasteiger partial charge in [-0.3, -0.25) is 4.57 Å². The first-order valence-electron chi connectivity index (χ1n) is 5.36. The normalized spacial score (nSPS) is 14.6. The van der Waals surface area contributed by atoms with E-state index in [-0.39, 0.29) is 0 Å². The Morgan fingerprint density at radius 2 is 2.13 bits per heavy atom. The molecule has 0 heterocycles. The number of benzene rings is 1. The molecule has 0 aliphatic rings. The molecule has 2 nitrogen and oxygen atoms in total. The van der Waals surface area contributed by atoms with E-state index in [0.29, 0.717) is 6.16 Å². The molecule has 3 heteroatoms. The molecule has 1 rings (SSSR count). The van der Waals surface area contributed by atoms with Crippen LogP contribution in [0.3, 0.4) is 0 Å². The molecule has 0 spiro atoms. The smallest absolute Gasteiger partial charge is 0.244 e. The quantitative estimate of drug-likeness (QED) is 0.707. The molecule has 1 aromatic rings. The van der Waals surface area contributed by atoms with Gasteiger partial charge in [0.05, 0.1) is 0 Å². The van der Waals surface area contributed by atoms with E-state index in [4.69, 9.17) is 4.52 Å². The fraction of sp³-hybridized carbons (Fsp3) is 0.500. The lowest BCUT2D eigenvalue weighted by atomic mass is 10.2. The van der Waals surface area contributed by atoms with Gasteiger partial charge in [0.2, 0.25) is 7.37 Å². The van der Waals surface area contributed by atoms with Gasteiger partial charge < -0.3 is 4.52 Å². The van der Waals surface area contributed by atoms with Crippen LogP contribution in [0.25, 0.3) is 0 Å². The molecule has 0 saturated heterocycles. The second kappa shape index (κ2) is 5.37. The summed E-state index contributed by atoms with van der Waals surface area (Å²) in [4.78, 5) is 0. The second-order valence-electron chi connectivity index (χ2n) is 4.00. The standard InChI is InChI=1S/C12H19O2P/c1-4-5-9-15(3,13)14-12-8-6-7-11(2)10-12/h6-8,10H,4-5,9H2,1-3H3. The van der Waals surface area contributed by atoms with Crippen molar-refractivity contribution in [2.45, 2.75) is 26.7 Å². The summed E-state index contributed by atoms with van der Waals surface area (Å²) in [5.74, 6) is 0.719. The van der Waals surface area contributed by atoms with Gasteiger partial charge >= 0.3 is 0 Å². The summed E-state index contributed by atoms with van der Waals surface area (Å²) in [5.41, 5.74) is 1.13. The largest absolute Gasteiger partial charge is 0.443 e. The molecule has 15 heavy (non-hydrogen) atoms. The van der Waals surface area contributed by atoms with Gasteiger partial charge in [-0.15, -0.1) is 0 Å². The molecule has 1 atom stereocenters. The third kappa shape index (κ3) is 4.53. The monoisotopic (exact) mass is 226 g/mol.